The molecule has 4 heterocycles. The first-order valence-corrected chi connectivity index (χ1v) is 8.64. The summed E-state index contributed by atoms with van der Waals surface area (Å²) in [6.45, 7) is 5.01. The summed E-state index contributed by atoms with van der Waals surface area (Å²) in [5.74, 6) is 0. The maximum atomic E-state index is 6.47. The lowest BCUT2D eigenvalue weighted by Gasteiger charge is -2.31. The monoisotopic (exact) mass is 331 g/mol. The zero-order chi connectivity index (χ0) is 16.4. The lowest BCUT2D eigenvalue weighted by molar-refractivity contribution is -0.0904. The summed E-state index contributed by atoms with van der Waals surface area (Å²) in [7, 11) is 1.95. The zero-order valence-corrected chi connectivity index (χ0v) is 14.2. The minimum absolute atomic E-state index is 0.184. The minimum atomic E-state index is -0.184. The van der Waals surface area contributed by atoms with Crippen molar-refractivity contribution < 1.29 is 9.47 Å². The highest BCUT2D eigenvalue weighted by Gasteiger charge is 2.43. The fourth-order valence-electron chi connectivity index (χ4n) is 3.79. The van der Waals surface area contributed by atoms with Crippen LogP contribution in [0.1, 0.15) is 18.4 Å². The van der Waals surface area contributed by atoms with Crippen LogP contribution in [0.25, 0.3) is 0 Å². The van der Waals surface area contributed by atoms with E-state index in [2.05, 4.69) is 21.3 Å². The van der Waals surface area contributed by atoms with Crippen molar-refractivity contribution in [3.63, 3.8) is 0 Å². The van der Waals surface area contributed by atoms with Gasteiger partial charge in [-0.1, -0.05) is 0 Å². The van der Waals surface area contributed by atoms with Crippen LogP contribution in [-0.4, -0.2) is 62.5 Å². The Balaban J connectivity index is 1.40. The van der Waals surface area contributed by atoms with Crippen molar-refractivity contribution in [3.05, 3.63) is 36.4 Å². The molecular weight excluding hydrogens is 306 g/mol. The van der Waals surface area contributed by atoms with Crippen molar-refractivity contribution in [1.29, 1.82) is 0 Å². The molecule has 2 saturated heterocycles. The van der Waals surface area contributed by atoms with Crippen LogP contribution in [-0.2, 0) is 29.6 Å². The summed E-state index contributed by atoms with van der Waals surface area (Å²) < 4.78 is 16.2. The molecule has 0 bridgehead atoms. The Morgan fingerprint density at radius 2 is 2.33 bits per heavy atom. The zero-order valence-electron chi connectivity index (χ0n) is 14.2. The number of ether oxygens (including phenoxy) is 2. The molecule has 7 nitrogen and oxygen atoms in total. The first-order valence-electron chi connectivity index (χ1n) is 8.64. The van der Waals surface area contributed by atoms with Crippen LogP contribution in [0.15, 0.2) is 30.9 Å². The van der Waals surface area contributed by atoms with E-state index in [1.807, 2.05) is 41.1 Å². The largest absolute Gasteiger partial charge is 0.377 e. The lowest BCUT2D eigenvalue weighted by Crippen LogP contribution is -2.44. The molecule has 0 radical (unpaired) electrons. The Kier molecular flexibility index (Phi) is 4.39. The molecule has 0 unspecified atom stereocenters. The highest BCUT2D eigenvalue weighted by Crippen LogP contribution is 2.34. The van der Waals surface area contributed by atoms with Crippen LogP contribution >= 0.6 is 0 Å². The topological polar surface area (TPSA) is 57.3 Å². The Morgan fingerprint density at radius 1 is 1.38 bits per heavy atom. The Bertz CT molecular complexity index is 656. The third-order valence-corrected chi connectivity index (χ3v) is 4.88. The van der Waals surface area contributed by atoms with E-state index in [1.54, 1.807) is 0 Å². The van der Waals surface area contributed by atoms with Gasteiger partial charge in [-0.15, -0.1) is 0 Å². The van der Waals surface area contributed by atoms with E-state index in [0.29, 0.717) is 6.61 Å². The maximum Gasteiger partial charge on any atom is 0.105 e. The molecule has 2 aliphatic heterocycles. The number of nitrogens with zero attached hydrogens (tertiary/aromatic N) is 5. The second-order valence-electron chi connectivity index (χ2n) is 6.98. The van der Waals surface area contributed by atoms with Gasteiger partial charge in [-0.05, 0) is 18.9 Å². The van der Waals surface area contributed by atoms with Crippen molar-refractivity contribution in [3.8, 4) is 0 Å². The molecular formula is C17H25N5O2. The van der Waals surface area contributed by atoms with Crippen molar-refractivity contribution in [2.24, 2.45) is 7.05 Å². The molecule has 130 valence electrons. The quantitative estimate of drug-likeness (QED) is 0.839. The van der Waals surface area contributed by atoms with Crippen molar-refractivity contribution in [1.82, 2.24) is 24.5 Å². The Labute approximate surface area is 142 Å². The molecule has 0 aliphatic carbocycles. The molecule has 2 aromatic heterocycles. The summed E-state index contributed by atoms with van der Waals surface area (Å²) in [6.07, 6.45) is 10.1. The van der Waals surface area contributed by atoms with Crippen molar-refractivity contribution in [2.45, 2.75) is 37.6 Å². The van der Waals surface area contributed by atoms with Gasteiger partial charge in [0.1, 0.15) is 5.60 Å². The fraction of sp³-hybridized carbons (Fsp3) is 0.647. The van der Waals surface area contributed by atoms with Gasteiger partial charge in [0.15, 0.2) is 0 Å². The number of hydrogen-bond donors (Lipinski definition) is 0. The van der Waals surface area contributed by atoms with Crippen LogP contribution in [0, 0.1) is 0 Å². The minimum Gasteiger partial charge on any atom is -0.377 e. The van der Waals surface area contributed by atoms with E-state index >= 15 is 0 Å². The average Bonchev–Trinajstić information content (AvgIpc) is 3.25. The first-order chi connectivity index (χ1) is 11.7. The molecule has 2 fully saturated rings. The molecule has 2 aromatic rings. The molecule has 24 heavy (non-hydrogen) atoms. The number of hydrogen-bond acceptors (Lipinski definition) is 5. The SMILES string of the molecule is Cn1cc(CN2CCOC[C@]3(CC[C@H](Cn4cccn4)O3)C2)cn1. The molecule has 0 saturated carbocycles. The predicted octanol–water partition coefficient (Wildman–Crippen LogP) is 1.07. The third kappa shape index (κ3) is 3.53. The van der Waals surface area contributed by atoms with Crippen LogP contribution < -0.4 is 0 Å². The van der Waals surface area contributed by atoms with E-state index in [1.165, 1.54) is 5.56 Å². The summed E-state index contributed by atoms with van der Waals surface area (Å²) in [5, 5.41) is 8.56. The van der Waals surface area contributed by atoms with Gasteiger partial charge in [0.25, 0.3) is 0 Å². The third-order valence-electron chi connectivity index (χ3n) is 4.88. The van der Waals surface area contributed by atoms with E-state index in [-0.39, 0.29) is 11.7 Å². The predicted molar refractivity (Wildman–Crippen MR) is 88.4 cm³/mol. The van der Waals surface area contributed by atoms with E-state index in [0.717, 1.165) is 45.6 Å². The molecule has 2 aliphatic rings. The lowest BCUT2D eigenvalue weighted by atomic mass is 10.00. The van der Waals surface area contributed by atoms with E-state index in [9.17, 15) is 0 Å². The van der Waals surface area contributed by atoms with Crippen molar-refractivity contribution in [2.75, 3.05) is 26.3 Å². The van der Waals surface area contributed by atoms with Gasteiger partial charge in [-0.3, -0.25) is 14.3 Å². The molecule has 0 aromatic carbocycles. The summed E-state index contributed by atoms with van der Waals surface area (Å²) >= 11 is 0. The van der Waals surface area contributed by atoms with Gasteiger partial charge in [0.2, 0.25) is 0 Å². The molecule has 0 amide bonds. The summed E-state index contributed by atoms with van der Waals surface area (Å²) in [4.78, 5) is 2.43. The van der Waals surface area contributed by atoms with Gasteiger partial charge in [-0.25, -0.2) is 0 Å². The second-order valence-corrected chi connectivity index (χ2v) is 6.98. The fourth-order valence-corrected chi connectivity index (χ4v) is 3.79. The molecule has 4 rings (SSSR count). The number of aromatic nitrogens is 4. The number of rotatable bonds is 4. The van der Waals surface area contributed by atoms with Gasteiger partial charge in [0, 0.05) is 50.8 Å². The van der Waals surface area contributed by atoms with E-state index in [4.69, 9.17) is 9.47 Å². The van der Waals surface area contributed by atoms with Crippen LogP contribution in [0.3, 0.4) is 0 Å². The normalized spacial score (nSPS) is 28.5. The van der Waals surface area contributed by atoms with Crippen LogP contribution in [0.5, 0.6) is 0 Å². The average molecular weight is 331 g/mol. The van der Waals surface area contributed by atoms with Crippen LogP contribution in [0.2, 0.25) is 0 Å². The molecule has 1 spiro atoms. The summed E-state index contributed by atoms with van der Waals surface area (Å²) in [6, 6.07) is 1.95. The standard InChI is InChI=1S/C17H25N5O2/c1-20-10-15(9-19-20)11-21-7-8-23-14-17(13-21)4-3-16(24-17)12-22-6-2-5-18-22/h2,5-6,9-10,16H,3-4,7-8,11-14H2,1H3/t16-,17+/m1/s1. The molecule has 7 heteroatoms. The van der Waals surface area contributed by atoms with Gasteiger partial charge in [-0.2, -0.15) is 10.2 Å². The van der Waals surface area contributed by atoms with Gasteiger partial charge >= 0.3 is 0 Å². The maximum absolute atomic E-state index is 6.47. The van der Waals surface area contributed by atoms with Gasteiger partial charge in [0.05, 0.1) is 32.1 Å². The number of aryl methyl sites for hydroxylation is 1. The Hall–Kier alpha value is -1.70. The van der Waals surface area contributed by atoms with E-state index < -0.39 is 0 Å². The Morgan fingerprint density at radius 3 is 3.12 bits per heavy atom. The van der Waals surface area contributed by atoms with Gasteiger partial charge < -0.3 is 9.47 Å². The molecule has 0 N–H and O–H groups in total. The smallest absolute Gasteiger partial charge is 0.105 e. The van der Waals surface area contributed by atoms with Crippen LogP contribution in [0.4, 0.5) is 0 Å². The van der Waals surface area contributed by atoms with Crippen molar-refractivity contribution >= 4 is 0 Å². The highest BCUT2D eigenvalue weighted by molar-refractivity contribution is 5.04. The highest BCUT2D eigenvalue weighted by atomic mass is 16.6. The first kappa shape index (κ1) is 15.8. The summed E-state index contributed by atoms with van der Waals surface area (Å²) in [5.41, 5.74) is 1.05. The second kappa shape index (κ2) is 6.66. The molecule has 2 atom stereocenters.